The lowest BCUT2D eigenvalue weighted by molar-refractivity contribution is 0.0549. The second kappa shape index (κ2) is 7.11. The number of carbonyl (C=O) groups excluding carboxylic acids is 3. The molecule has 5 rings (SSSR count). The van der Waals surface area contributed by atoms with E-state index in [4.69, 9.17) is 0 Å². The van der Waals surface area contributed by atoms with Crippen molar-refractivity contribution >= 4 is 23.5 Å². The van der Waals surface area contributed by atoms with Crippen LogP contribution < -0.4 is 10.6 Å². The predicted octanol–water partition coefficient (Wildman–Crippen LogP) is 2.24. The lowest BCUT2D eigenvalue weighted by Crippen LogP contribution is -2.40. The first-order valence-electron chi connectivity index (χ1n) is 10.2. The monoisotopic (exact) mass is 393 g/mol. The molecule has 0 atom stereocenters. The number of anilines is 1. The van der Waals surface area contributed by atoms with Crippen molar-refractivity contribution in [2.45, 2.75) is 51.1 Å². The first-order chi connectivity index (χ1) is 14.1. The van der Waals surface area contributed by atoms with Gasteiger partial charge in [0.25, 0.3) is 17.7 Å². The third kappa shape index (κ3) is 3.04. The average molecular weight is 393 g/mol. The van der Waals surface area contributed by atoms with Crippen LogP contribution in [0.5, 0.6) is 0 Å². The van der Waals surface area contributed by atoms with Crippen LogP contribution in [0.3, 0.4) is 0 Å². The highest BCUT2D eigenvalue weighted by Gasteiger charge is 2.40. The summed E-state index contributed by atoms with van der Waals surface area (Å²) in [5.41, 5.74) is 3.04. The van der Waals surface area contributed by atoms with Crippen molar-refractivity contribution in [2.24, 2.45) is 0 Å². The number of imide groups is 1. The number of aromatic amines is 1. The normalized spacial score (nSPS) is 19.2. The maximum Gasteiger partial charge on any atom is 0.261 e. The molecule has 0 spiro atoms. The standard InChI is InChI=1S/C21H23N5O3/c27-19(23-18-15-8-9-22-11-17(15)24-25-18)12-6-7-14-16(10-12)21(29)26(20(14)28)13-4-2-1-3-5-13/h6-7,10,13,22H,1-5,8-9,11H2,(H2,23,24,25,27). The van der Waals surface area contributed by atoms with Gasteiger partial charge in [-0.15, -0.1) is 0 Å². The Kier molecular flexibility index (Phi) is 4.43. The predicted molar refractivity (Wildman–Crippen MR) is 106 cm³/mol. The number of H-pyrrole nitrogens is 1. The van der Waals surface area contributed by atoms with Crippen LogP contribution in [0.1, 0.15) is 74.4 Å². The smallest absolute Gasteiger partial charge is 0.261 e. The second-order valence-corrected chi connectivity index (χ2v) is 7.94. The van der Waals surface area contributed by atoms with Crippen molar-refractivity contribution in [1.82, 2.24) is 20.4 Å². The van der Waals surface area contributed by atoms with Crippen LogP contribution in [0, 0.1) is 0 Å². The van der Waals surface area contributed by atoms with Gasteiger partial charge in [-0.2, -0.15) is 5.10 Å². The summed E-state index contributed by atoms with van der Waals surface area (Å²) in [4.78, 5) is 39.9. The molecule has 3 heterocycles. The van der Waals surface area contributed by atoms with E-state index in [1.807, 2.05) is 0 Å². The van der Waals surface area contributed by atoms with E-state index in [1.54, 1.807) is 12.1 Å². The molecule has 2 aliphatic heterocycles. The number of nitrogens with zero attached hydrogens (tertiary/aromatic N) is 2. The Hall–Kier alpha value is -3.00. The highest BCUT2D eigenvalue weighted by atomic mass is 16.2. The SMILES string of the molecule is O=C(Nc1n[nH]c2c1CCNC2)c1ccc2c(c1)C(=O)N(C1CCCCC1)C2=O. The first kappa shape index (κ1) is 18.1. The van der Waals surface area contributed by atoms with Crippen molar-refractivity contribution in [3.63, 3.8) is 0 Å². The van der Waals surface area contributed by atoms with Crippen molar-refractivity contribution in [1.29, 1.82) is 0 Å². The Labute approximate surface area is 168 Å². The molecule has 150 valence electrons. The average Bonchev–Trinajstić information content (AvgIpc) is 3.27. The van der Waals surface area contributed by atoms with Gasteiger partial charge >= 0.3 is 0 Å². The Morgan fingerprint density at radius 1 is 1.10 bits per heavy atom. The molecular formula is C21H23N5O3. The minimum absolute atomic E-state index is 0.0300. The molecular weight excluding hydrogens is 370 g/mol. The zero-order chi connectivity index (χ0) is 20.0. The molecule has 1 aromatic heterocycles. The molecule has 8 heteroatoms. The first-order valence-corrected chi connectivity index (χ1v) is 10.2. The molecule has 1 saturated carbocycles. The van der Waals surface area contributed by atoms with Crippen LogP contribution in [0.15, 0.2) is 18.2 Å². The summed E-state index contributed by atoms with van der Waals surface area (Å²) in [6, 6.07) is 4.70. The summed E-state index contributed by atoms with van der Waals surface area (Å²) >= 11 is 0. The van der Waals surface area contributed by atoms with E-state index in [0.717, 1.165) is 56.3 Å². The Bertz CT molecular complexity index is 1010. The second-order valence-electron chi connectivity index (χ2n) is 7.94. The number of hydrogen-bond donors (Lipinski definition) is 3. The van der Waals surface area contributed by atoms with Crippen LogP contribution in [0.25, 0.3) is 0 Å². The zero-order valence-electron chi connectivity index (χ0n) is 16.1. The summed E-state index contributed by atoms with van der Waals surface area (Å²) in [6.45, 7) is 1.53. The van der Waals surface area contributed by atoms with Gasteiger partial charge in [0.05, 0.1) is 16.8 Å². The number of hydrogen-bond acceptors (Lipinski definition) is 5. The molecule has 8 nitrogen and oxygen atoms in total. The number of benzene rings is 1. The minimum atomic E-state index is -0.336. The van der Waals surface area contributed by atoms with E-state index in [2.05, 4.69) is 20.8 Å². The molecule has 1 fully saturated rings. The topological polar surface area (TPSA) is 107 Å². The quantitative estimate of drug-likeness (QED) is 0.693. The van der Waals surface area contributed by atoms with E-state index in [1.165, 1.54) is 11.0 Å². The number of aromatic nitrogens is 2. The maximum absolute atomic E-state index is 12.9. The van der Waals surface area contributed by atoms with Crippen molar-refractivity contribution in [3.8, 4) is 0 Å². The Morgan fingerprint density at radius 2 is 1.90 bits per heavy atom. The highest BCUT2D eigenvalue weighted by Crippen LogP contribution is 2.31. The van der Waals surface area contributed by atoms with Gasteiger partial charge < -0.3 is 10.6 Å². The van der Waals surface area contributed by atoms with E-state index in [0.29, 0.717) is 29.1 Å². The van der Waals surface area contributed by atoms with Gasteiger partial charge in [0.15, 0.2) is 5.82 Å². The molecule has 3 N–H and O–H groups in total. The van der Waals surface area contributed by atoms with Gasteiger partial charge in [0.1, 0.15) is 0 Å². The summed E-state index contributed by atoms with van der Waals surface area (Å²) in [7, 11) is 0. The molecule has 0 radical (unpaired) electrons. The molecule has 0 saturated heterocycles. The third-order valence-corrected chi connectivity index (χ3v) is 6.16. The van der Waals surface area contributed by atoms with Gasteiger partial charge in [0, 0.05) is 23.7 Å². The maximum atomic E-state index is 12.9. The molecule has 2 aromatic rings. The van der Waals surface area contributed by atoms with Gasteiger partial charge in [-0.05, 0) is 44.0 Å². The number of carbonyl (C=O) groups is 3. The lowest BCUT2D eigenvalue weighted by atomic mass is 9.94. The Morgan fingerprint density at radius 3 is 2.72 bits per heavy atom. The lowest BCUT2D eigenvalue weighted by Gasteiger charge is -2.29. The molecule has 0 unspecified atom stereocenters. The van der Waals surface area contributed by atoms with Gasteiger partial charge in [-0.1, -0.05) is 19.3 Å². The van der Waals surface area contributed by atoms with Crippen LogP contribution in [0.2, 0.25) is 0 Å². The van der Waals surface area contributed by atoms with E-state index < -0.39 is 0 Å². The van der Waals surface area contributed by atoms with Crippen LogP contribution in [-0.2, 0) is 13.0 Å². The fourth-order valence-electron chi connectivity index (χ4n) is 4.60. The third-order valence-electron chi connectivity index (χ3n) is 6.16. The molecule has 1 aliphatic carbocycles. The number of nitrogens with one attached hydrogen (secondary N) is 3. The molecule has 3 aliphatic rings. The van der Waals surface area contributed by atoms with E-state index in [9.17, 15) is 14.4 Å². The van der Waals surface area contributed by atoms with Crippen molar-refractivity contribution in [2.75, 3.05) is 11.9 Å². The summed E-state index contributed by atoms with van der Waals surface area (Å²) in [5, 5.41) is 13.2. The summed E-state index contributed by atoms with van der Waals surface area (Å²) in [5.74, 6) is -0.331. The van der Waals surface area contributed by atoms with Crippen LogP contribution in [-0.4, -0.2) is 45.4 Å². The Balaban J connectivity index is 1.38. The number of fused-ring (bicyclic) bond motifs is 2. The van der Waals surface area contributed by atoms with E-state index >= 15 is 0 Å². The highest BCUT2D eigenvalue weighted by molar-refractivity contribution is 6.22. The largest absolute Gasteiger partial charge is 0.311 e. The van der Waals surface area contributed by atoms with Crippen molar-refractivity contribution in [3.05, 3.63) is 46.1 Å². The fourth-order valence-corrected chi connectivity index (χ4v) is 4.60. The molecule has 3 amide bonds. The van der Waals surface area contributed by atoms with Crippen LogP contribution >= 0.6 is 0 Å². The van der Waals surface area contributed by atoms with Gasteiger partial charge in [-0.25, -0.2) is 0 Å². The summed E-state index contributed by atoms with van der Waals surface area (Å²) < 4.78 is 0. The van der Waals surface area contributed by atoms with E-state index in [-0.39, 0.29) is 23.8 Å². The minimum Gasteiger partial charge on any atom is -0.311 e. The molecule has 0 bridgehead atoms. The fraction of sp³-hybridized carbons (Fsp3) is 0.429. The van der Waals surface area contributed by atoms with Crippen molar-refractivity contribution < 1.29 is 14.4 Å². The van der Waals surface area contributed by atoms with Crippen LogP contribution in [0.4, 0.5) is 5.82 Å². The van der Waals surface area contributed by atoms with Gasteiger partial charge in [0.2, 0.25) is 0 Å². The molecule has 1 aromatic carbocycles. The zero-order valence-corrected chi connectivity index (χ0v) is 16.1. The summed E-state index contributed by atoms with van der Waals surface area (Å²) in [6.07, 6.45) is 5.73. The molecule has 29 heavy (non-hydrogen) atoms. The number of rotatable bonds is 3. The van der Waals surface area contributed by atoms with Gasteiger partial charge in [-0.3, -0.25) is 24.4 Å². The number of amides is 3.